The maximum atomic E-state index is 11.8. The molecule has 0 spiro atoms. The molecule has 0 radical (unpaired) electrons. The average molecular weight is 306 g/mol. The highest BCUT2D eigenvalue weighted by Crippen LogP contribution is 2.22. The lowest BCUT2D eigenvalue weighted by Crippen LogP contribution is -2.38. The molecule has 1 aromatic rings. The van der Waals surface area contributed by atoms with Crippen LogP contribution in [0, 0.1) is 0 Å². The number of carbonyl (C=O) groups is 1. The Bertz CT molecular complexity index is 590. The van der Waals surface area contributed by atoms with Crippen LogP contribution in [0.25, 0.3) is 0 Å². The minimum Gasteiger partial charge on any atom is -0.389 e. The third-order valence-electron chi connectivity index (χ3n) is 2.27. The zero-order chi connectivity index (χ0) is 14.8. The molecule has 0 saturated carbocycles. The zero-order valence-electron chi connectivity index (χ0n) is 10.9. The van der Waals surface area contributed by atoms with Crippen molar-refractivity contribution in [2.75, 3.05) is 12.8 Å². The summed E-state index contributed by atoms with van der Waals surface area (Å²) in [4.78, 5) is 11.7. The van der Waals surface area contributed by atoms with Gasteiger partial charge in [0.2, 0.25) is 0 Å². The Morgan fingerprint density at radius 3 is 2.47 bits per heavy atom. The van der Waals surface area contributed by atoms with Crippen LogP contribution in [0.3, 0.4) is 0 Å². The lowest BCUT2D eigenvalue weighted by atomic mass is 10.1. The minimum absolute atomic E-state index is 0.0582. The summed E-state index contributed by atoms with van der Waals surface area (Å²) < 4.78 is 23.0. The number of halogens is 1. The number of amides is 1. The van der Waals surface area contributed by atoms with E-state index in [-0.39, 0.29) is 22.0 Å². The van der Waals surface area contributed by atoms with Gasteiger partial charge in [-0.05, 0) is 32.0 Å². The largest absolute Gasteiger partial charge is 0.389 e. The summed E-state index contributed by atoms with van der Waals surface area (Å²) in [6.45, 7) is 3.16. The first-order valence-corrected chi connectivity index (χ1v) is 7.78. The van der Waals surface area contributed by atoms with Gasteiger partial charge in [-0.3, -0.25) is 4.79 Å². The van der Waals surface area contributed by atoms with Crippen LogP contribution < -0.4 is 5.32 Å². The van der Waals surface area contributed by atoms with Gasteiger partial charge in [0.15, 0.2) is 9.84 Å². The summed E-state index contributed by atoms with van der Waals surface area (Å²) in [6, 6.07) is 4.00. The highest BCUT2D eigenvalue weighted by Gasteiger charge is 2.18. The molecule has 106 valence electrons. The highest BCUT2D eigenvalue weighted by atomic mass is 35.5. The van der Waals surface area contributed by atoms with Gasteiger partial charge in [-0.1, -0.05) is 11.6 Å². The summed E-state index contributed by atoms with van der Waals surface area (Å²) >= 11 is 5.78. The molecular weight excluding hydrogens is 290 g/mol. The molecule has 2 N–H and O–H groups in total. The van der Waals surface area contributed by atoms with Gasteiger partial charge in [0.1, 0.15) is 0 Å². The van der Waals surface area contributed by atoms with Crippen LogP contribution in [0.15, 0.2) is 23.1 Å². The average Bonchev–Trinajstić information content (AvgIpc) is 2.24. The van der Waals surface area contributed by atoms with Crippen molar-refractivity contribution >= 4 is 27.3 Å². The maximum absolute atomic E-state index is 11.8. The third kappa shape index (κ3) is 4.81. The fraction of sp³-hybridized carbons (Fsp3) is 0.417. The number of nitrogens with one attached hydrogen (secondary N) is 1. The van der Waals surface area contributed by atoms with Crippen molar-refractivity contribution in [3.8, 4) is 0 Å². The van der Waals surface area contributed by atoms with Crippen molar-refractivity contribution in [3.05, 3.63) is 28.8 Å². The van der Waals surface area contributed by atoms with Crippen LogP contribution in [-0.2, 0) is 9.84 Å². The fourth-order valence-corrected chi connectivity index (χ4v) is 2.63. The number of carbonyl (C=O) groups excluding carboxylic acids is 1. The second-order valence-electron chi connectivity index (χ2n) is 4.91. The lowest BCUT2D eigenvalue weighted by molar-refractivity contribution is 0.0694. The monoisotopic (exact) mass is 305 g/mol. The van der Waals surface area contributed by atoms with E-state index in [1.54, 1.807) is 13.8 Å². The van der Waals surface area contributed by atoms with E-state index < -0.39 is 21.3 Å². The van der Waals surface area contributed by atoms with Crippen LogP contribution in [0.2, 0.25) is 5.02 Å². The minimum atomic E-state index is -3.49. The van der Waals surface area contributed by atoms with E-state index in [1.807, 2.05) is 0 Å². The van der Waals surface area contributed by atoms with Gasteiger partial charge in [-0.15, -0.1) is 0 Å². The van der Waals surface area contributed by atoms with Crippen molar-refractivity contribution < 1.29 is 18.3 Å². The number of benzene rings is 1. The van der Waals surface area contributed by atoms with Crippen LogP contribution in [-0.4, -0.2) is 37.8 Å². The summed E-state index contributed by atoms with van der Waals surface area (Å²) in [6.07, 6.45) is 1.02. The Labute approximate surface area is 117 Å². The van der Waals surface area contributed by atoms with Gasteiger partial charge in [0, 0.05) is 18.4 Å². The van der Waals surface area contributed by atoms with Crippen molar-refractivity contribution in [2.24, 2.45) is 0 Å². The first-order chi connectivity index (χ1) is 8.50. The molecule has 0 aromatic heterocycles. The summed E-state index contributed by atoms with van der Waals surface area (Å²) in [5.74, 6) is -0.469. The normalized spacial score (nSPS) is 12.3. The molecule has 1 amide bonds. The Morgan fingerprint density at radius 2 is 2.00 bits per heavy atom. The molecule has 0 aliphatic rings. The van der Waals surface area contributed by atoms with Crippen molar-refractivity contribution in [2.45, 2.75) is 24.3 Å². The van der Waals surface area contributed by atoms with E-state index in [0.717, 1.165) is 6.26 Å². The number of hydrogen-bond donors (Lipinski definition) is 2. The first kappa shape index (κ1) is 15.9. The van der Waals surface area contributed by atoms with Crippen LogP contribution in [0.5, 0.6) is 0 Å². The molecule has 1 rings (SSSR count). The Balaban J connectivity index is 3.00. The van der Waals surface area contributed by atoms with E-state index in [2.05, 4.69) is 5.32 Å². The van der Waals surface area contributed by atoms with Crippen LogP contribution in [0.1, 0.15) is 24.2 Å². The molecule has 0 aliphatic carbocycles. The standard InChI is InChI=1S/C12H16ClNO4S/c1-12(2,16)7-14-11(15)8-4-5-9(13)10(6-8)19(3,17)18/h4-6,16H,7H2,1-3H3,(H,14,15). The van der Waals surface area contributed by atoms with E-state index in [9.17, 15) is 18.3 Å². The van der Waals surface area contributed by atoms with Gasteiger partial charge >= 0.3 is 0 Å². The topological polar surface area (TPSA) is 83.5 Å². The predicted octanol–water partition coefficient (Wildman–Crippen LogP) is 1.24. The Morgan fingerprint density at radius 1 is 1.42 bits per heavy atom. The van der Waals surface area contributed by atoms with E-state index >= 15 is 0 Å². The van der Waals surface area contributed by atoms with E-state index in [4.69, 9.17) is 11.6 Å². The molecule has 0 saturated heterocycles. The van der Waals surface area contributed by atoms with Crippen molar-refractivity contribution in [3.63, 3.8) is 0 Å². The Hall–Kier alpha value is -1.11. The number of aliphatic hydroxyl groups is 1. The predicted molar refractivity (Wildman–Crippen MR) is 73.2 cm³/mol. The SMILES string of the molecule is CC(C)(O)CNC(=O)c1ccc(Cl)c(S(C)(=O)=O)c1. The Kier molecular flexibility index (Phi) is 4.60. The number of rotatable bonds is 4. The second-order valence-corrected chi connectivity index (χ2v) is 7.30. The van der Waals surface area contributed by atoms with E-state index in [0.29, 0.717) is 0 Å². The summed E-state index contributed by atoms with van der Waals surface area (Å²) in [5.41, 5.74) is -0.865. The van der Waals surface area contributed by atoms with Gasteiger partial charge in [-0.25, -0.2) is 8.42 Å². The summed E-state index contributed by atoms with van der Waals surface area (Å²) in [7, 11) is -3.49. The van der Waals surface area contributed by atoms with Gasteiger partial charge in [-0.2, -0.15) is 0 Å². The molecule has 1 aromatic carbocycles. The smallest absolute Gasteiger partial charge is 0.251 e. The molecule has 0 bridgehead atoms. The maximum Gasteiger partial charge on any atom is 0.251 e. The van der Waals surface area contributed by atoms with E-state index in [1.165, 1.54) is 18.2 Å². The van der Waals surface area contributed by atoms with Crippen molar-refractivity contribution in [1.82, 2.24) is 5.32 Å². The molecule has 0 aliphatic heterocycles. The first-order valence-electron chi connectivity index (χ1n) is 5.51. The van der Waals surface area contributed by atoms with Gasteiger partial charge in [0.25, 0.3) is 5.91 Å². The molecule has 0 fully saturated rings. The zero-order valence-corrected chi connectivity index (χ0v) is 12.5. The number of hydrogen-bond acceptors (Lipinski definition) is 4. The molecule has 5 nitrogen and oxygen atoms in total. The van der Waals surface area contributed by atoms with Crippen molar-refractivity contribution in [1.29, 1.82) is 0 Å². The molecular formula is C12H16ClNO4S. The van der Waals surface area contributed by atoms with Crippen LogP contribution >= 0.6 is 11.6 Å². The highest BCUT2D eigenvalue weighted by molar-refractivity contribution is 7.90. The van der Waals surface area contributed by atoms with Gasteiger partial charge in [0.05, 0.1) is 15.5 Å². The molecule has 7 heteroatoms. The summed E-state index contributed by atoms with van der Waals surface area (Å²) in [5, 5.41) is 12.1. The second kappa shape index (κ2) is 5.48. The number of sulfone groups is 1. The lowest BCUT2D eigenvalue weighted by Gasteiger charge is -2.17. The molecule has 19 heavy (non-hydrogen) atoms. The molecule has 0 heterocycles. The molecule has 0 unspecified atom stereocenters. The quantitative estimate of drug-likeness (QED) is 0.877. The van der Waals surface area contributed by atoms with Gasteiger partial charge < -0.3 is 10.4 Å². The third-order valence-corrected chi connectivity index (χ3v) is 3.85. The van der Waals surface area contributed by atoms with Crippen LogP contribution in [0.4, 0.5) is 0 Å². The fourth-order valence-electron chi connectivity index (χ4n) is 1.33. The molecule has 0 atom stereocenters.